The zero-order valence-corrected chi connectivity index (χ0v) is 39.7. The van der Waals surface area contributed by atoms with Crippen LogP contribution < -0.4 is 9.84 Å². The van der Waals surface area contributed by atoms with Gasteiger partial charge in [-0.25, -0.2) is 23.1 Å². The number of benzene rings is 4. The smallest absolute Gasteiger partial charge is 0.462 e. The van der Waals surface area contributed by atoms with E-state index in [0.717, 1.165) is 44.8 Å². The van der Waals surface area contributed by atoms with E-state index in [-0.39, 0.29) is 95.6 Å². The number of fused-ring (bicyclic) bond motifs is 5. The minimum atomic E-state index is -4.50. The molecular formula is C52H54F3N6O7P. The largest absolute Gasteiger partial charge is 0.530 e. The molecule has 69 heavy (non-hydrogen) atoms. The van der Waals surface area contributed by atoms with E-state index in [1.165, 1.54) is 18.2 Å². The van der Waals surface area contributed by atoms with Gasteiger partial charge in [0.25, 0.3) is 0 Å². The number of dihydropyridines is 1. The van der Waals surface area contributed by atoms with E-state index in [1.807, 2.05) is 37.8 Å². The maximum atomic E-state index is 18.0. The van der Waals surface area contributed by atoms with Crippen LogP contribution in [-0.2, 0) is 36.3 Å². The van der Waals surface area contributed by atoms with Crippen molar-refractivity contribution in [3.63, 3.8) is 0 Å². The molecule has 13 nitrogen and oxygen atoms in total. The number of hydrogen-bond donors (Lipinski definition) is 1. The minimum absolute atomic E-state index is 0.0608. The standard InChI is InChI=1S/C52H54F3N6O7P/c1-5-39-41(53)21-18-35-26-38(68-69(63,65-30-33-14-8-6-9-15-33)66-31-34-16-10-7-11-17-34)27-40(42(35)39)45-44(54)46-43(47(55)56-45)48(58-49(57-46)64-32-52-22-12-24-60(52)25-13-23-52)59-28-36-19-20-37(29-59)61(36)50(62)67-51(2,3)4/h1,6-11,14-18,21,26-27,36-37,46,56H,12-13,19-20,22-25,28-32H2,2-4H3. The van der Waals surface area contributed by atoms with Gasteiger partial charge in [-0.1, -0.05) is 72.7 Å². The summed E-state index contributed by atoms with van der Waals surface area (Å²) in [5, 5.41) is 2.96. The Morgan fingerprint density at radius 3 is 2.16 bits per heavy atom. The zero-order valence-electron chi connectivity index (χ0n) is 38.8. The molecular weight excluding hydrogens is 909 g/mol. The van der Waals surface area contributed by atoms with Crippen LogP contribution in [-0.4, -0.2) is 94.7 Å². The lowest BCUT2D eigenvalue weighted by Gasteiger charge is -2.44. The molecule has 4 saturated heterocycles. The number of terminal acetylenes is 1. The molecule has 10 rings (SSSR count). The van der Waals surface area contributed by atoms with Gasteiger partial charge in [0.2, 0.25) is 5.95 Å². The highest BCUT2D eigenvalue weighted by Gasteiger charge is 2.49. The molecule has 17 heteroatoms. The number of carbonyl (C=O) groups is 1. The van der Waals surface area contributed by atoms with Gasteiger partial charge in [-0.2, -0.15) is 9.38 Å². The van der Waals surface area contributed by atoms with Gasteiger partial charge < -0.3 is 24.2 Å². The number of rotatable bonds is 11. The number of carbonyl (C=O) groups excluding carboxylic acids is 1. The van der Waals surface area contributed by atoms with Gasteiger partial charge in [-0.3, -0.25) is 18.8 Å². The van der Waals surface area contributed by atoms with Crippen LogP contribution in [0.3, 0.4) is 0 Å². The third kappa shape index (κ3) is 9.37. The summed E-state index contributed by atoms with van der Waals surface area (Å²) in [5.74, 6) is -0.281. The number of nitrogens with one attached hydrogen (secondary N) is 1. The normalized spacial score (nSPS) is 22.2. The monoisotopic (exact) mass is 962 g/mol. The fourth-order valence-corrected chi connectivity index (χ4v) is 11.7. The highest BCUT2D eigenvalue weighted by atomic mass is 31.2. The van der Waals surface area contributed by atoms with Crippen molar-refractivity contribution in [3.8, 4) is 18.1 Å². The van der Waals surface area contributed by atoms with Crippen LogP contribution in [0.25, 0.3) is 16.5 Å². The number of ether oxygens (including phenoxy) is 2. The molecule has 6 aliphatic heterocycles. The molecule has 2 bridgehead atoms. The summed E-state index contributed by atoms with van der Waals surface area (Å²) < 4.78 is 95.8. The van der Waals surface area contributed by atoms with E-state index in [1.54, 1.807) is 53.4 Å². The van der Waals surface area contributed by atoms with Gasteiger partial charge in [0.1, 0.15) is 35.7 Å². The Bertz CT molecular complexity index is 2810. The maximum absolute atomic E-state index is 18.0. The lowest BCUT2D eigenvalue weighted by molar-refractivity contribution is 0.00275. The van der Waals surface area contributed by atoms with E-state index in [2.05, 4.69) is 21.1 Å². The summed E-state index contributed by atoms with van der Waals surface area (Å²) in [7, 11) is -4.50. The molecule has 4 aromatic carbocycles. The van der Waals surface area contributed by atoms with Crippen LogP contribution in [0.15, 0.2) is 112 Å². The Morgan fingerprint density at radius 2 is 1.55 bits per heavy atom. The molecule has 0 aliphatic carbocycles. The van der Waals surface area contributed by atoms with Gasteiger partial charge in [0.05, 0.1) is 47.7 Å². The van der Waals surface area contributed by atoms with Crippen LogP contribution in [0, 0.1) is 18.2 Å². The highest BCUT2D eigenvalue weighted by molar-refractivity contribution is 7.48. The van der Waals surface area contributed by atoms with Crippen LogP contribution in [0.4, 0.5) is 18.0 Å². The average molecular weight is 963 g/mol. The third-order valence-electron chi connectivity index (χ3n) is 13.7. The first-order valence-corrected chi connectivity index (χ1v) is 24.9. The van der Waals surface area contributed by atoms with Crippen molar-refractivity contribution in [3.05, 3.63) is 130 Å². The summed E-state index contributed by atoms with van der Waals surface area (Å²) in [6, 6.07) is 21.1. The number of phosphoric ester groups is 1. The van der Waals surface area contributed by atoms with Gasteiger partial charge in [-0.05, 0) is 107 Å². The zero-order chi connectivity index (χ0) is 48.1. The van der Waals surface area contributed by atoms with Crippen molar-refractivity contribution < 1.29 is 45.6 Å². The summed E-state index contributed by atoms with van der Waals surface area (Å²) in [4.78, 5) is 29.0. The minimum Gasteiger partial charge on any atom is -0.462 e. The molecule has 3 unspecified atom stereocenters. The molecule has 0 spiro atoms. The lowest BCUT2D eigenvalue weighted by atomic mass is 9.92. The van der Waals surface area contributed by atoms with Gasteiger partial charge in [0, 0.05) is 24.0 Å². The number of amides is 1. The van der Waals surface area contributed by atoms with Gasteiger partial charge >= 0.3 is 19.9 Å². The van der Waals surface area contributed by atoms with Crippen molar-refractivity contribution in [1.82, 2.24) is 20.0 Å². The van der Waals surface area contributed by atoms with Crippen LogP contribution >= 0.6 is 7.82 Å². The Labute approximate surface area is 399 Å². The Balaban J connectivity index is 1.03. The summed E-state index contributed by atoms with van der Waals surface area (Å²) >= 11 is 0. The van der Waals surface area contributed by atoms with E-state index >= 15 is 13.2 Å². The fraction of sp³-hybridized carbons (Fsp3) is 0.404. The number of nitrogens with zero attached hydrogens (tertiary/aromatic N) is 5. The van der Waals surface area contributed by atoms with E-state index in [0.29, 0.717) is 24.0 Å². The van der Waals surface area contributed by atoms with Crippen LogP contribution in [0.2, 0.25) is 0 Å². The van der Waals surface area contributed by atoms with Crippen molar-refractivity contribution in [1.29, 1.82) is 0 Å². The molecule has 4 fully saturated rings. The molecule has 1 N–H and O–H groups in total. The average Bonchev–Trinajstić information content (AvgIpc) is 4.01. The Hall–Kier alpha value is -6.11. The first-order chi connectivity index (χ1) is 33.2. The van der Waals surface area contributed by atoms with E-state index < -0.39 is 48.9 Å². The summed E-state index contributed by atoms with van der Waals surface area (Å²) in [5.41, 5.74) is -0.438. The molecule has 1 amide bonds. The number of piperazine rings is 1. The quantitative estimate of drug-likeness (QED) is 0.0882. The molecule has 4 aromatic rings. The molecule has 6 heterocycles. The Kier molecular flexibility index (Phi) is 12.6. The number of likely N-dealkylation sites (tertiary alicyclic amines) is 1. The van der Waals surface area contributed by atoms with Crippen molar-refractivity contribution in [2.45, 2.75) is 102 Å². The van der Waals surface area contributed by atoms with E-state index in [4.69, 9.17) is 34.5 Å². The van der Waals surface area contributed by atoms with Gasteiger partial charge in [0.15, 0.2) is 5.83 Å². The first-order valence-electron chi connectivity index (χ1n) is 23.5. The third-order valence-corrected chi connectivity index (χ3v) is 15.0. The van der Waals surface area contributed by atoms with Gasteiger partial charge in [-0.15, -0.1) is 6.42 Å². The number of aliphatic imine (C=N–C) groups is 2. The van der Waals surface area contributed by atoms with Crippen molar-refractivity contribution in [2.75, 3.05) is 32.8 Å². The van der Waals surface area contributed by atoms with Crippen LogP contribution in [0.5, 0.6) is 5.75 Å². The number of hydrogen-bond acceptors (Lipinski definition) is 12. The lowest BCUT2D eigenvalue weighted by Crippen LogP contribution is -2.59. The molecule has 6 aliphatic rings. The predicted octanol–water partition coefficient (Wildman–Crippen LogP) is 10.2. The Morgan fingerprint density at radius 1 is 0.913 bits per heavy atom. The number of halogens is 3. The van der Waals surface area contributed by atoms with Crippen molar-refractivity contribution >= 4 is 42.2 Å². The topological polar surface area (TPSA) is 127 Å². The second kappa shape index (κ2) is 18.7. The summed E-state index contributed by atoms with van der Waals surface area (Å²) in [6.07, 6.45) is 10.8. The maximum Gasteiger partial charge on any atom is 0.530 e. The predicted molar refractivity (Wildman–Crippen MR) is 256 cm³/mol. The second-order valence-corrected chi connectivity index (χ2v) is 21.0. The number of phosphoric acid groups is 1. The number of amidine groups is 2. The highest BCUT2D eigenvalue weighted by Crippen LogP contribution is 2.52. The van der Waals surface area contributed by atoms with Crippen molar-refractivity contribution in [2.24, 2.45) is 9.98 Å². The molecule has 0 radical (unpaired) electrons. The SMILES string of the molecule is C#Cc1c(F)ccc2cc(OP(=O)(OCc3ccccc3)OCc3ccccc3)cc(C3=C(F)C4N=C(OCC56CCCN5CCC6)N=C(N5CC6CCC(C5)N6C(=O)OC(C)(C)C)C4=C(F)N3)c12. The molecule has 360 valence electrons. The van der Waals surface area contributed by atoms with Crippen LogP contribution in [0.1, 0.15) is 81.5 Å². The second-order valence-electron chi connectivity index (χ2n) is 19.4. The molecule has 0 saturated carbocycles. The fourth-order valence-electron chi connectivity index (χ4n) is 10.6. The summed E-state index contributed by atoms with van der Waals surface area (Å²) in [6.45, 7) is 7.86. The first kappa shape index (κ1) is 46.6. The van der Waals surface area contributed by atoms with E-state index in [9.17, 15) is 9.36 Å². The molecule has 3 atom stereocenters. The molecule has 0 aromatic heterocycles.